The van der Waals surface area contributed by atoms with Crippen LogP contribution in [-0.2, 0) is 21.4 Å². The number of nitrogens with one attached hydrogen (secondary N) is 1. The number of likely N-dealkylation sites (N-methyl/N-ethyl adjacent to an activating group) is 1. The number of sulfonamides is 1. The summed E-state index contributed by atoms with van der Waals surface area (Å²) >= 11 is 0. The lowest BCUT2D eigenvalue weighted by atomic mass is 10.2. The molecule has 0 spiro atoms. The number of rotatable bonds is 5. The van der Waals surface area contributed by atoms with Crippen molar-refractivity contribution in [1.29, 1.82) is 0 Å². The average Bonchev–Trinajstić information content (AvgIpc) is 3.02. The van der Waals surface area contributed by atoms with E-state index in [1.807, 2.05) is 29.3 Å². The van der Waals surface area contributed by atoms with Crippen LogP contribution in [0.15, 0.2) is 53.4 Å². The SMILES string of the molecule is COc1ccc(S(=O)(=O)N2Cc3ccccc3N(N3CCN(C)CC3)CC2C(=O)NO)cc1. The Bertz CT molecular complexity index is 1090. The zero-order valence-corrected chi connectivity index (χ0v) is 19.5. The zero-order valence-electron chi connectivity index (χ0n) is 18.7. The molecule has 1 fully saturated rings. The number of amides is 1. The summed E-state index contributed by atoms with van der Waals surface area (Å²) in [6.45, 7) is 3.25. The summed E-state index contributed by atoms with van der Waals surface area (Å²) < 4.78 is 33.7. The van der Waals surface area contributed by atoms with Gasteiger partial charge in [0.25, 0.3) is 5.91 Å². The molecule has 178 valence electrons. The van der Waals surface area contributed by atoms with Crippen molar-refractivity contribution >= 4 is 21.6 Å². The van der Waals surface area contributed by atoms with E-state index in [-0.39, 0.29) is 18.0 Å². The number of para-hydroxylation sites is 1. The Balaban J connectivity index is 1.77. The number of piperazine rings is 1. The van der Waals surface area contributed by atoms with Gasteiger partial charge in [0.15, 0.2) is 0 Å². The van der Waals surface area contributed by atoms with Gasteiger partial charge in [-0.2, -0.15) is 4.31 Å². The van der Waals surface area contributed by atoms with Crippen LogP contribution in [0.1, 0.15) is 5.56 Å². The Morgan fingerprint density at radius 3 is 2.36 bits per heavy atom. The highest BCUT2D eigenvalue weighted by molar-refractivity contribution is 7.89. The van der Waals surface area contributed by atoms with Gasteiger partial charge < -0.3 is 14.6 Å². The largest absolute Gasteiger partial charge is 0.497 e. The number of methoxy groups -OCH3 is 1. The minimum Gasteiger partial charge on any atom is -0.497 e. The maximum Gasteiger partial charge on any atom is 0.263 e. The van der Waals surface area contributed by atoms with Crippen LogP contribution < -0.4 is 15.2 Å². The van der Waals surface area contributed by atoms with E-state index < -0.39 is 22.0 Å². The fraction of sp³-hybridized carbons (Fsp3) is 0.409. The molecule has 2 heterocycles. The van der Waals surface area contributed by atoms with Crippen molar-refractivity contribution in [3.8, 4) is 5.75 Å². The molecule has 1 unspecified atom stereocenters. The van der Waals surface area contributed by atoms with E-state index in [0.29, 0.717) is 5.75 Å². The van der Waals surface area contributed by atoms with Gasteiger partial charge in [-0.25, -0.2) is 18.9 Å². The van der Waals surface area contributed by atoms with Gasteiger partial charge in [0, 0.05) is 32.7 Å². The molecule has 1 amide bonds. The second kappa shape index (κ2) is 9.65. The number of carbonyl (C=O) groups excluding carboxylic acids is 1. The number of benzene rings is 2. The van der Waals surface area contributed by atoms with Gasteiger partial charge in [-0.05, 0) is 42.9 Å². The number of nitrogens with zero attached hydrogens (tertiary/aromatic N) is 4. The minimum absolute atomic E-state index is 0.00708. The van der Waals surface area contributed by atoms with Crippen LogP contribution in [0.25, 0.3) is 0 Å². The van der Waals surface area contributed by atoms with Crippen LogP contribution in [0.2, 0.25) is 0 Å². The molecule has 0 radical (unpaired) electrons. The van der Waals surface area contributed by atoms with Crippen molar-refractivity contribution in [2.24, 2.45) is 0 Å². The predicted molar refractivity (Wildman–Crippen MR) is 122 cm³/mol. The van der Waals surface area contributed by atoms with Gasteiger partial charge in [-0.3, -0.25) is 10.0 Å². The van der Waals surface area contributed by atoms with Crippen molar-refractivity contribution in [1.82, 2.24) is 19.7 Å². The molecule has 2 aromatic carbocycles. The number of hydroxylamine groups is 1. The summed E-state index contributed by atoms with van der Waals surface area (Å²) in [5.41, 5.74) is 3.30. The van der Waals surface area contributed by atoms with Gasteiger partial charge in [0.1, 0.15) is 11.8 Å². The standard InChI is InChI=1S/C22H29N5O5S/c1-24-11-13-25(14-12-24)26-16-21(22(28)23-29)27(15-17-5-3-4-6-20(17)26)33(30,31)19-9-7-18(32-2)8-10-19/h3-10,21,29H,11-16H2,1-2H3,(H,23,28). The molecule has 33 heavy (non-hydrogen) atoms. The highest BCUT2D eigenvalue weighted by atomic mass is 32.2. The van der Waals surface area contributed by atoms with Gasteiger partial charge in [-0.1, -0.05) is 18.2 Å². The van der Waals surface area contributed by atoms with Crippen LogP contribution in [-0.4, -0.2) is 86.7 Å². The highest BCUT2D eigenvalue weighted by Gasteiger charge is 2.41. The maximum atomic E-state index is 13.7. The molecule has 2 aliphatic heterocycles. The fourth-order valence-electron chi connectivity index (χ4n) is 4.26. The van der Waals surface area contributed by atoms with Crippen LogP contribution >= 0.6 is 0 Å². The summed E-state index contributed by atoms with van der Waals surface area (Å²) in [5, 5.41) is 13.6. The van der Waals surface area contributed by atoms with E-state index in [0.717, 1.165) is 41.7 Å². The van der Waals surface area contributed by atoms with E-state index in [4.69, 9.17) is 4.74 Å². The summed E-state index contributed by atoms with van der Waals surface area (Å²) in [6.07, 6.45) is 0. The Morgan fingerprint density at radius 1 is 1.06 bits per heavy atom. The Kier molecular flexibility index (Phi) is 6.86. The molecule has 0 saturated carbocycles. The molecular weight excluding hydrogens is 446 g/mol. The van der Waals surface area contributed by atoms with Gasteiger partial charge in [-0.15, -0.1) is 0 Å². The summed E-state index contributed by atoms with van der Waals surface area (Å²) in [4.78, 5) is 15.1. The van der Waals surface area contributed by atoms with Crippen molar-refractivity contribution < 1.29 is 23.2 Å². The Morgan fingerprint density at radius 2 is 1.73 bits per heavy atom. The van der Waals surface area contributed by atoms with Gasteiger partial charge in [0.2, 0.25) is 10.0 Å². The lowest BCUT2D eigenvalue weighted by molar-refractivity contribution is -0.133. The molecule has 4 rings (SSSR count). The summed E-state index contributed by atoms with van der Waals surface area (Å²) in [7, 11) is -0.510. The van der Waals surface area contributed by atoms with E-state index in [1.54, 1.807) is 17.6 Å². The van der Waals surface area contributed by atoms with Crippen LogP contribution in [0.5, 0.6) is 5.75 Å². The second-order valence-corrected chi connectivity index (χ2v) is 10.1. The Hall–Kier alpha value is -2.70. The van der Waals surface area contributed by atoms with Crippen molar-refractivity contribution in [2.75, 3.05) is 51.9 Å². The number of anilines is 1. The molecule has 0 aliphatic carbocycles. The van der Waals surface area contributed by atoms with Gasteiger partial charge >= 0.3 is 0 Å². The average molecular weight is 476 g/mol. The van der Waals surface area contributed by atoms with Crippen LogP contribution in [0, 0.1) is 0 Å². The highest BCUT2D eigenvalue weighted by Crippen LogP contribution is 2.32. The number of hydrogen-bond acceptors (Lipinski definition) is 8. The number of ether oxygens (including phenoxy) is 1. The number of hydrogen-bond donors (Lipinski definition) is 2. The van der Waals surface area contributed by atoms with Crippen LogP contribution in [0.3, 0.4) is 0 Å². The molecule has 0 bridgehead atoms. The van der Waals surface area contributed by atoms with Crippen LogP contribution in [0.4, 0.5) is 5.69 Å². The van der Waals surface area contributed by atoms with E-state index in [9.17, 15) is 18.4 Å². The predicted octanol–water partition coefficient (Wildman–Crippen LogP) is 0.743. The smallest absolute Gasteiger partial charge is 0.263 e. The molecule has 2 N–H and O–H groups in total. The minimum atomic E-state index is -4.07. The normalized spacial score (nSPS) is 20.7. The molecule has 10 nitrogen and oxygen atoms in total. The third-order valence-corrected chi connectivity index (χ3v) is 8.06. The molecular formula is C22H29N5O5S. The molecule has 11 heteroatoms. The summed E-state index contributed by atoms with van der Waals surface area (Å²) in [6, 6.07) is 12.5. The van der Waals surface area contributed by atoms with Crippen molar-refractivity contribution in [3.05, 3.63) is 54.1 Å². The molecule has 2 aliphatic rings. The van der Waals surface area contributed by atoms with Crippen molar-refractivity contribution in [2.45, 2.75) is 17.5 Å². The maximum absolute atomic E-state index is 13.7. The third kappa shape index (κ3) is 4.68. The molecule has 1 atom stereocenters. The number of hydrazine groups is 1. The first-order chi connectivity index (χ1) is 15.8. The molecule has 2 aromatic rings. The monoisotopic (exact) mass is 475 g/mol. The number of fused-ring (bicyclic) bond motifs is 1. The first-order valence-corrected chi connectivity index (χ1v) is 12.2. The van der Waals surface area contributed by atoms with Crippen molar-refractivity contribution in [3.63, 3.8) is 0 Å². The van der Waals surface area contributed by atoms with Gasteiger partial charge in [0.05, 0.1) is 24.2 Å². The van der Waals surface area contributed by atoms with E-state index in [1.165, 1.54) is 19.2 Å². The third-order valence-electron chi connectivity index (χ3n) is 6.19. The zero-order chi connectivity index (χ0) is 23.6. The lowest BCUT2D eigenvalue weighted by Crippen LogP contribution is -2.58. The quantitative estimate of drug-likeness (QED) is 0.482. The number of carbonyl (C=O) groups is 1. The topological polar surface area (TPSA) is 106 Å². The Labute approximate surface area is 193 Å². The second-order valence-electron chi connectivity index (χ2n) is 8.19. The molecule has 1 saturated heterocycles. The van der Waals surface area contributed by atoms with E-state index in [2.05, 4.69) is 17.0 Å². The fourth-order valence-corrected chi connectivity index (χ4v) is 5.81. The lowest BCUT2D eigenvalue weighted by Gasteiger charge is -2.42. The first kappa shape index (κ1) is 23.5. The first-order valence-electron chi connectivity index (χ1n) is 10.7. The van der Waals surface area contributed by atoms with E-state index >= 15 is 0 Å². The molecule has 0 aromatic heterocycles. The summed E-state index contributed by atoms with van der Waals surface area (Å²) in [5.74, 6) is -0.250.